The zero-order valence-corrected chi connectivity index (χ0v) is 10.6. The van der Waals surface area contributed by atoms with E-state index in [1.807, 2.05) is 23.6 Å². The van der Waals surface area contributed by atoms with Gasteiger partial charge >= 0.3 is 0 Å². The van der Waals surface area contributed by atoms with E-state index in [4.69, 9.17) is 17.3 Å². The Morgan fingerprint density at radius 3 is 2.76 bits per heavy atom. The van der Waals surface area contributed by atoms with Crippen LogP contribution < -0.4 is 5.73 Å². The molecule has 0 aliphatic rings. The number of hydrogen-bond acceptors (Lipinski definition) is 3. The molecule has 0 spiro atoms. The number of aliphatic hydroxyl groups is 1. The molecule has 4 nitrogen and oxygen atoms in total. The van der Waals surface area contributed by atoms with Crippen molar-refractivity contribution >= 4 is 22.6 Å². The van der Waals surface area contributed by atoms with Crippen LogP contribution >= 0.6 is 11.6 Å². The fourth-order valence-corrected chi connectivity index (χ4v) is 2.09. The molecular formula is C12H16ClN3O. The van der Waals surface area contributed by atoms with Crippen molar-refractivity contribution in [3.63, 3.8) is 0 Å². The van der Waals surface area contributed by atoms with Gasteiger partial charge in [0.25, 0.3) is 0 Å². The van der Waals surface area contributed by atoms with E-state index in [1.54, 1.807) is 13.0 Å². The molecule has 2 rings (SSSR count). The zero-order valence-electron chi connectivity index (χ0n) is 9.89. The minimum atomic E-state index is -0.444. The third kappa shape index (κ3) is 2.44. The smallest absolute Gasteiger partial charge is 0.126 e. The largest absolute Gasteiger partial charge is 0.392 e. The number of fused-ring (bicyclic) bond motifs is 1. The van der Waals surface area contributed by atoms with Gasteiger partial charge in [-0.15, -0.1) is 0 Å². The molecule has 1 heterocycles. The lowest BCUT2D eigenvalue weighted by Crippen LogP contribution is -2.18. The van der Waals surface area contributed by atoms with Gasteiger partial charge in [0.1, 0.15) is 5.82 Å². The topological polar surface area (TPSA) is 64.1 Å². The molecule has 0 saturated heterocycles. The molecule has 2 unspecified atom stereocenters. The van der Waals surface area contributed by atoms with Gasteiger partial charge in [0.05, 0.1) is 29.7 Å². The fourth-order valence-electron chi connectivity index (χ4n) is 1.93. The van der Waals surface area contributed by atoms with Crippen molar-refractivity contribution in [2.24, 2.45) is 5.73 Å². The summed E-state index contributed by atoms with van der Waals surface area (Å²) in [4.78, 5) is 4.47. The maximum Gasteiger partial charge on any atom is 0.126 e. The number of nitrogens with two attached hydrogens (primary N) is 1. The summed E-state index contributed by atoms with van der Waals surface area (Å²) in [7, 11) is 0. The number of rotatable bonds is 3. The van der Waals surface area contributed by atoms with Crippen LogP contribution in [0.4, 0.5) is 0 Å². The average Bonchev–Trinajstić information content (AvgIpc) is 2.55. The minimum absolute atomic E-state index is 0.181. The van der Waals surface area contributed by atoms with Crippen LogP contribution in [-0.4, -0.2) is 20.8 Å². The number of halogens is 1. The van der Waals surface area contributed by atoms with Crippen molar-refractivity contribution < 1.29 is 5.11 Å². The summed E-state index contributed by atoms with van der Waals surface area (Å²) in [6.45, 7) is 4.10. The van der Waals surface area contributed by atoms with E-state index in [-0.39, 0.29) is 6.04 Å². The van der Waals surface area contributed by atoms with E-state index in [2.05, 4.69) is 4.98 Å². The zero-order chi connectivity index (χ0) is 12.6. The quantitative estimate of drug-likeness (QED) is 0.880. The van der Waals surface area contributed by atoms with Crippen LogP contribution in [0, 0.1) is 0 Å². The predicted octanol–water partition coefficient (Wildman–Crippen LogP) is 2.09. The van der Waals surface area contributed by atoms with Gasteiger partial charge in [-0.05, 0) is 32.0 Å². The van der Waals surface area contributed by atoms with Gasteiger partial charge in [0, 0.05) is 5.02 Å². The van der Waals surface area contributed by atoms with Crippen LogP contribution in [0.5, 0.6) is 0 Å². The Morgan fingerprint density at radius 1 is 1.47 bits per heavy atom. The molecule has 2 aromatic rings. The Labute approximate surface area is 105 Å². The SMILES string of the molecule is CC(O)Cn1c(C(C)N)nc2cc(Cl)ccc21. The lowest BCUT2D eigenvalue weighted by molar-refractivity contribution is 0.173. The van der Waals surface area contributed by atoms with Crippen molar-refractivity contribution in [1.29, 1.82) is 0 Å². The normalized spacial score (nSPS) is 15.1. The summed E-state index contributed by atoms with van der Waals surface area (Å²) in [5.74, 6) is 0.767. The minimum Gasteiger partial charge on any atom is -0.392 e. The monoisotopic (exact) mass is 253 g/mol. The van der Waals surface area contributed by atoms with E-state index in [9.17, 15) is 5.11 Å². The molecule has 0 fully saturated rings. The second-order valence-electron chi connectivity index (χ2n) is 4.35. The van der Waals surface area contributed by atoms with E-state index < -0.39 is 6.10 Å². The molecule has 0 aliphatic heterocycles. The first kappa shape index (κ1) is 12.4. The first-order chi connectivity index (χ1) is 7.99. The molecule has 0 saturated carbocycles. The van der Waals surface area contributed by atoms with Gasteiger partial charge in [0.15, 0.2) is 0 Å². The molecule has 1 aromatic carbocycles. The lowest BCUT2D eigenvalue weighted by Gasteiger charge is -2.12. The number of nitrogens with zero attached hydrogens (tertiary/aromatic N) is 2. The van der Waals surface area contributed by atoms with Crippen molar-refractivity contribution in [2.75, 3.05) is 0 Å². The van der Waals surface area contributed by atoms with Crippen LogP contribution in [0.1, 0.15) is 25.7 Å². The Kier molecular flexibility index (Phi) is 3.38. The maximum atomic E-state index is 9.53. The summed E-state index contributed by atoms with van der Waals surface area (Å²) in [5.41, 5.74) is 7.65. The Balaban J connectivity index is 2.62. The second kappa shape index (κ2) is 4.64. The summed E-state index contributed by atoms with van der Waals surface area (Å²) >= 11 is 5.94. The van der Waals surface area contributed by atoms with Gasteiger partial charge in [-0.2, -0.15) is 0 Å². The van der Waals surface area contributed by atoms with E-state index in [0.717, 1.165) is 16.9 Å². The summed E-state index contributed by atoms with van der Waals surface area (Å²) in [6.07, 6.45) is -0.444. The highest BCUT2D eigenvalue weighted by Crippen LogP contribution is 2.23. The standard InChI is InChI=1S/C12H16ClN3O/c1-7(17)6-16-11-4-3-9(13)5-10(11)15-12(16)8(2)14/h3-5,7-8,17H,6,14H2,1-2H3. The van der Waals surface area contributed by atoms with Crippen molar-refractivity contribution in [1.82, 2.24) is 9.55 Å². The van der Waals surface area contributed by atoms with Gasteiger partial charge in [-0.3, -0.25) is 0 Å². The predicted molar refractivity (Wildman–Crippen MR) is 69.0 cm³/mol. The van der Waals surface area contributed by atoms with Gasteiger partial charge in [0.2, 0.25) is 0 Å². The molecule has 0 aliphatic carbocycles. The Bertz CT molecular complexity index is 534. The van der Waals surface area contributed by atoms with Crippen LogP contribution in [0.2, 0.25) is 5.02 Å². The van der Waals surface area contributed by atoms with Crippen molar-refractivity contribution in [2.45, 2.75) is 32.5 Å². The molecular weight excluding hydrogens is 238 g/mol. The number of benzene rings is 1. The van der Waals surface area contributed by atoms with E-state index >= 15 is 0 Å². The second-order valence-corrected chi connectivity index (χ2v) is 4.79. The summed E-state index contributed by atoms with van der Waals surface area (Å²) in [6, 6.07) is 5.34. The van der Waals surface area contributed by atoms with Crippen LogP contribution in [0.3, 0.4) is 0 Å². The van der Waals surface area contributed by atoms with Crippen molar-refractivity contribution in [3.8, 4) is 0 Å². The van der Waals surface area contributed by atoms with Crippen LogP contribution in [0.25, 0.3) is 11.0 Å². The third-order valence-electron chi connectivity index (χ3n) is 2.59. The molecule has 5 heteroatoms. The summed E-state index contributed by atoms with van der Waals surface area (Å²) in [5, 5.41) is 10.2. The lowest BCUT2D eigenvalue weighted by atomic mass is 10.3. The van der Waals surface area contributed by atoms with Crippen LogP contribution in [0.15, 0.2) is 18.2 Å². The van der Waals surface area contributed by atoms with E-state index in [0.29, 0.717) is 11.6 Å². The maximum absolute atomic E-state index is 9.53. The number of hydrogen-bond donors (Lipinski definition) is 2. The first-order valence-corrected chi connectivity index (χ1v) is 5.96. The van der Waals surface area contributed by atoms with Gasteiger partial charge in [-0.25, -0.2) is 4.98 Å². The fraction of sp³-hybridized carbons (Fsp3) is 0.417. The molecule has 0 bridgehead atoms. The number of aromatic nitrogens is 2. The first-order valence-electron chi connectivity index (χ1n) is 5.58. The van der Waals surface area contributed by atoms with Crippen LogP contribution in [-0.2, 0) is 6.54 Å². The highest BCUT2D eigenvalue weighted by Gasteiger charge is 2.15. The van der Waals surface area contributed by atoms with Gasteiger partial charge < -0.3 is 15.4 Å². The van der Waals surface area contributed by atoms with Gasteiger partial charge in [-0.1, -0.05) is 11.6 Å². The number of aliphatic hydroxyl groups excluding tert-OH is 1. The molecule has 0 radical (unpaired) electrons. The molecule has 2 atom stereocenters. The van der Waals surface area contributed by atoms with E-state index in [1.165, 1.54) is 0 Å². The highest BCUT2D eigenvalue weighted by molar-refractivity contribution is 6.31. The van der Waals surface area contributed by atoms with Crippen molar-refractivity contribution in [3.05, 3.63) is 29.0 Å². The number of imidazole rings is 1. The molecule has 17 heavy (non-hydrogen) atoms. The Morgan fingerprint density at radius 2 is 2.18 bits per heavy atom. The molecule has 1 aromatic heterocycles. The highest BCUT2D eigenvalue weighted by atomic mass is 35.5. The molecule has 92 valence electrons. The Hall–Kier alpha value is -1.10. The summed E-state index contributed by atoms with van der Waals surface area (Å²) < 4.78 is 1.95. The molecule has 3 N–H and O–H groups in total. The third-order valence-corrected chi connectivity index (χ3v) is 2.83. The molecule has 0 amide bonds. The average molecular weight is 254 g/mol.